The number of pyridine rings is 1. The second-order valence-corrected chi connectivity index (χ2v) is 10.9. The minimum Gasteiger partial charge on any atom is -0.506 e. The van der Waals surface area contributed by atoms with Crippen molar-refractivity contribution in [1.82, 2.24) is 35.1 Å². The van der Waals surface area contributed by atoms with Crippen LogP contribution >= 0.6 is 0 Å². The Morgan fingerprint density at radius 1 is 1.16 bits per heavy atom. The van der Waals surface area contributed by atoms with Crippen molar-refractivity contribution >= 4 is 5.65 Å². The minimum atomic E-state index is -1.22. The Labute approximate surface area is 215 Å². The highest BCUT2D eigenvalue weighted by Crippen LogP contribution is 2.34. The Bertz CT molecular complexity index is 1450. The summed E-state index contributed by atoms with van der Waals surface area (Å²) in [7, 11) is 0. The topological polar surface area (TPSA) is 110 Å². The van der Waals surface area contributed by atoms with Crippen LogP contribution < -0.4 is 10.1 Å². The van der Waals surface area contributed by atoms with E-state index in [2.05, 4.69) is 37.5 Å². The number of hydrogen-bond acceptors (Lipinski definition) is 8. The molecule has 2 N–H and O–H groups in total. The second-order valence-electron chi connectivity index (χ2n) is 10.9. The van der Waals surface area contributed by atoms with Gasteiger partial charge in [-0.05, 0) is 64.8 Å². The predicted octanol–water partition coefficient (Wildman–Crippen LogP) is 4.46. The van der Waals surface area contributed by atoms with E-state index in [9.17, 15) is 5.11 Å². The summed E-state index contributed by atoms with van der Waals surface area (Å²) in [4.78, 5) is 8.97. The summed E-state index contributed by atoms with van der Waals surface area (Å²) in [6.07, 6.45) is 2.93. The quantitative estimate of drug-likeness (QED) is 0.409. The van der Waals surface area contributed by atoms with Crippen LogP contribution in [0.5, 0.6) is 11.6 Å². The van der Waals surface area contributed by atoms with E-state index in [1.807, 2.05) is 46.9 Å². The third kappa shape index (κ3) is 4.85. The summed E-state index contributed by atoms with van der Waals surface area (Å²) in [5.74, 6) is 0.175. The Hall–Kier alpha value is -3.66. The molecule has 5 rings (SSSR count). The maximum atomic E-state index is 15.1. The molecule has 1 aliphatic heterocycles. The van der Waals surface area contributed by atoms with Gasteiger partial charge in [0.15, 0.2) is 11.8 Å². The number of aromatic hydroxyl groups is 1. The average Bonchev–Trinajstić information content (AvgIpc) is 3.21. The van der Waals surface area contributed by atoms with E-state index in [1.54, 1.807) is 28.9 Å². The largest absolute Gasteiger partial charge is 0.506 e. The van der Waals surface area contributed by atoms with Crippen LogP contribution in [-0.2, 0) is 6.42 Å². The van der Waals surface area contributed by atoms with E-state index in [-0.39, 0.29) is 22.9 Å². The maximum Gasteiger partial charge on any atom is 0.233 e. The third-order valence-corrected chi connectivity index (χ3v) is 6.71. The number of rotatable bonds is 5. The van der Waals surface area contributed by atoms with Crippen molar-refractivity contribution in [2.45, 2.75) is 77.7 Å². The van der Waals surface area contributed by atoms with Crippen molar-refractivity contribution in [2.75, 3.05) is 0 Å². The molecule has 37 heavy (non-hydrogen) atoms. The molecule has 0 unspecified atom stereocenters. The van der Waals surface area contributed by atoms with Gasteiger partial charge in [0, 0.05) is 35.3 Å². The monoisotopic (exact) mass is 505 g/mol. The lowest BCUT2D eigenvalue weighted by molar-refractivity contribution is -0.0281. The van der Waals surface area contributed by atoms with E-state index >= 15 is 4.39 Å². The van der Waals surface area contributed by atoms with Gasteiger partial charge in [-0.3, -0.25) is 0 Å². The zero-order valence-corrected chi connectivity index (χ0v) is 21.9. The lowest BCUT2D eigenvalue weighted by Crippen LogP contribution is -2.66. The number of piperidine rings is 1. The fourth-order valence-corrected chi connectivity index (χ4v) is 5.18. The van der Waals surface area contributed by atoms with Gasteiger partial charge in [-0.15, -0.1) is 10.2 Å². The van der Waals surface area contributed by atoms with Crippen LogP contribution in [0.1, 0.15) is 52.3 Å². The lowest BCUT2D eigenvalue weighted by atomic mass is 9.79. The Balaban J connectivity index is 1.38. The minimum absolute atomic E-state index is 0.0482. The maximum absolute atomic E-state index is 15.1. The number of imidazole rings is 1. The fraction of sp³-hybridized carbons (Fsp3) is 0.444. The van der Waals surface area contributed by atoms with Crippen molar-refractivity contribution in [3.63, 3.8) is 0 Å². The molecule has 4 aromatic rings. The molecular weight excluding hydrogens is 473 g/mol. The average molecular weight is 506 g/mol. The number of nitrogens with one attached hydrogen (secondary N) is 1. The second kappa shape index (κ2) is 9.02. The first-order valence-corrected chi connectivity index (χ1v) is 12.5. The first-order chi connectivity index (χ1) is 17.5. The van der Waals surface area contributed by atoms with Crippen LogP contribution in [0.2, 0.25) is 0 Å². The van der Waals surface area contributed by atoms with E-state index in [1.165, 1.54) is 0 Å². The first kappa shape index (κ1) is 25.0. The molecule has 5 heterocycles. The number of halogens is 1. The Morgan fingerprint density at radius 3 is 2.62 bits per heavy atom. The van der Waals surface area contributed by atoms with Crippen LogP contribution in [0.15, 0.2) is 36.7 Å². The number of fused-ring (bicyclic) bond motifs is 1. The predicted molar refractivity (Wildman–Crippen MR) is 138 cm³/mol. The van der Waals surface area contributed by atoms with Crippen LogP contribution in [0.25, 0.3) is 28.3 Å². The molecule has 0 amide bonds. The van der Waals surface area contributed by atoms with Gasteiger partial charge in [0.25, 0.3) is 0 Å². The van der Waals surface area contributed by atoms with E-state index in [0.717, 1.165) is 23.3 Å². The van der Waals surface area contributed by atoms with Crippen LogP contribution in [0, 0.1) is 6.92 Å². The summed E-state index contributed by atoms with van der Waals surface area (Å²) in [6.45, 7) is 11.7. The summed E-state index contributed by atoms with van der Waals surface area (Å²) in [5.41, 5.74) is 3.76. The number of hydrogen-bond donors (Lipinski definition) is 2. The van der Waals surface area contributed by atoms with Gasteiger partial charge in [-0.2, -0.15) is 5.10 Å². The van der Waals surface area contributed by atoms with E-state index < -0.39 is 17.8 Å². The van der Waals surface area contributed by atoms with Gasteiger partial charge in [0.1, 0.15) is 23.2 Å². The molecule has 0 aromatic carbocycles. The molecule has 0 aliphatic carbocycles. The highest BCUT2D eigenvalue weighted by Gasteiger charge is 2.47. The van der Waals surface area contributed by atoms with Gasteiger partial charge in [-0.1, -0.05) is 6.92 Å². The fourth-order valence-electron chi connectivity index (χ4n) is 5.18. The number of alkyl halides is 1. The van der Waals surface area contributed by atoms with Gasteiger partial charge in [0.05, 0.1) is 17.6 Å². The lowest BCUT2D eigenvalue weighted by Gasteiger charge is -2.48. The number of aromatic nitrogens is 6. The first-order valence-electron chi connectivity index (χ1n) is 12.5. The van der Waals surface area contributed by atoms with Gasteiger partial charge in [-0.25, -0.2) is 18.9 Å². The van der Waals surface area contributed by atoms with Gasteiger partial charge < -0.3 is 15.2 Å². The number of ether oxygens (including phenoxy) is 1. The third-order valence-electron chi connectivity index (χ3n) is 6.71. The molecule has 0 spiro atoms. The smallest absolute Gasteiger partial charge is 0.233 e. The van der Waals surface area contributed by atoms with Crippen molar-refractivity contribution in [3.8, 4) is 34.3 Å². The van der Waals surface area contributed by atoms with E-state index in [0.29, 0.717) is 23.4 Å². The molecule has 9 nitrogen and oxygen atoms in total. The highest BCUT2D eigenvalue weighted by molar-refractivity contribution is 5.69. The highest BCUT2D eigenvalue weighted by atomic mass is 19.1. The zero-order valence-electron chi connectivity index (χ0n) is 21.9. The molecule has 10 heteroatoms. The molecule has 0 saturated carbocycles. The number of aryl methyl sites for hydroxylation is 2. The van der Waals surface area contributed by atoms with Gasteiger partial charge in [0.2, 0.25) is 5.88 Å². The summed E-state index contributed by atoms with van der Waals surface area (Å²) >= 11 is 0. The summed E-state index contributed by atoms with van der Waals surface area (Å²) in [6, 6.07) is 6.85. The van der Waals surface area contributed by atoms with Crippen LogP contribution in [-0.4, -0.2) is 58.2 Å². The van der Waals surface area contributed by atoms with Gasteiger partial charge >= 0.3 is 0 Å². The number of nitrogens with zero attached hydrogens (tertiary/aromatic N) is 6. The molecule has 194 valence electrons. The summed E-state index contributed by atoms with van der Waals surface area (Å²) in [5, 5.41) is 27.0. The Kier molecular flexibility index (Phi) is 6.10. The molecule has 1 fully saturated rings. The zero-order chi connectivity index (χ0) is 26.5. The molecule has 4 aromatic heterocycles. The standard InChI is InChI=1S/C27H32FN7O2/c1-7-16-10-19(33-35-14-15(2)30-25(16)35)17-11-20(36)23(29-13-17)18-8-9-22(32-31-18)37-21-12-26(3,4)34-27(5,6)24(21)28/h8-11,13-14,21,24,34,36H,7,12H2,1-6H3/t21-,24-/m1/s1. The van der Waals surface area contributed by atoms with Crippen molar-refractivity contribution < 1.29 is 14.2 Å². The molecule has 2 atom stereocenters. The normalized spacial score (nSPS) is 20.7. The van der Waals surface area contributed by atoms with Crippen molar-refractivity contribution in [3.05, 3.63) is 47.9 Å². The van der Waals surface area contributed by atoms with Crippen LogP contribution in [0.3, 0.4) is 0 Å². The molecule has 0 radical (unpaired) electrons. The van der Waals surface area contributed by atoms with Crippen molar-refractivity contribution in [1.29, 1.82) is 0 Å². The SMILES string of the molecule is CCc1cc(-c2cnc(-c3ccc(O[C@@H]4CC(C)(C)NC(C)(C)[C@@H]4F)nn3)c(O)c2)nn2cc(C)nc12. The molecule has 1 aliphatic rings. The Morgan fingerprint density at radius 2 is 1.95 bits per heavy atom. The van der Waals surface area contributed by atoms with E-state index in [4.69, 9.17) is 4.74 Å². The molecule has 1 saturated heterocycles. The van der Waals surface area contributed by atoms with Crippen molar-refractivity contribution in [2.24, 2.45) is 0 Å². The molecular formula is C27H32FN7O2. The molecule has 0 bridgehead atoms. The van der Waals surface area contributed by atoms with Crippen LogP contribution in [0.4, 0.5) is 4.39 Å². The summed E-state index contributed by atoms with van der Waals surface area (Å²) < 4.78 is 22.7.